The monoisotopic (exact) mass is 654 g/mol. The van der Waals surface area contributed by atoms with Crippen molar-refractivity contribution >= 4 is 23.6 Å². The second-order valence-electron chi connectivity index (χ2n) is 15.0. The van der Waals surface area contributed by atoms with Gasteiger partial charge in [0.1, 0.15) is 29.5 Å². The number of aromatic nitrogens is 1. The first-order valence-corrected chi connectivity index (χ1v) is 17.2. The average Bonchev–Trinajstić information content (AvgIpc) is 3.47. The predicted molar refractivity (Wildman–Crippen MR) is 187 cm³/mol. The van der Waals surface area contributed by atoms with Crippen molar-refractivity contribution in [2.75, 3.05) is 11.4 Å². The highest BCUT2D eigenvalue weighted by Gasteiger charge is 2.47. The lowest BCUT2D eigenvalue weighted by Gasteiger charge is -2.36. The molecule has 3 aromatic rings. The van der Waals surface area contributed by atoms with E-state index in [0.717, 1.165) is 37.7 Å². The number of hydrogen-bond acceptors (Lipinski definition) is 6. The van der Waals surface area contributed by atoms with E-state index in [1.165, 1.54) is 4.90 Å². The molecule has 2 aliphatic rings. The van der Waals surface area contributed by atoms with Crippen LogP contribution >= 0.6 is 0 Å². The van der Waals surface area contributed by atoms with Gasteiger partial charge < -0.3 is 14.8 Å². The summed E-state index contributed by atoms with van der Waals surface area (Å²) in [6.07, 6.45) is 7.49. The van der Waals surface area contributed by atoms with Gasteiger partial charge in [-0.15, -0.1) is 0 Å². The van der Waals surface area contributed by atoms with Crippen LogP contribution in [0, 0.1) is 0 Å². The van der Waals surface area contributed by atoms with Crippen LogP contribution in [0.5, 0.6) is 5.75 Å². The van der Waals surface area contributed by atoms with Crippen LogP contribution in [0.4, 0.5) is 10.5 Å². The summed E-state index contributed by atoms with van der Waals surface area (Å²) in [5, 5.41) is 3.26. The quantitative estimate of drug-likeness (QED) is 0.273. The number of ether oxygens (including phenoxy) is 2. The van der Waals surface area contributed by atoms with Crippen molar-refractivity contribution in [3.63, 3.8) is 0 Å². The van der Waals surface area contributed by atoms with E-state index in [9.17, 15) is 9.59 Å². The molecule has 9 nitrogen and oxygen atoms in total. The lowest BCUT2D eigenvalue weighted by atomic mass is 9.87. The summed E-state index contributed by atoms with van der Waals surface area (Å²) in [6, 6.07) is 18.8. The molecule has 2 heterocycles. The third kappa shape index (κ3) is 8.74. The van der Waals surface area contributed by atoms with Gasteiger partial charge in [-0.2, -0.15) is 0 Å². The molecule has 0 radical (unpaired) electrons. The van der Waals surface area contributed by atoms with E-state index in [1.54, 1.807) is 44.1 Å². The van der Waals surface area contributed by atoms with Crippen LogP contribution in [-0.2, 0) is 19.7 Å². The van der Waals surface area contributed by atoms with Crippen LogP contribution in [0.2, 0.25) is 0 Å². The molecule has 1 saturated carbocycles. The zero-order valence-electron chi connectivity index (χ0n) is 29.1. The summed E-state index contributed by atoms with van der Waals surface area (Å²) >= 11 is 0. The van der Waals surface area contributed by atoms with Crippen LogP contribution < -0.4 is 15.0 Å². The molecule has 3 atom stereocenters. The molecule has 1 N–H and O–H groups in total. The zero-order valence-corrected chi connectivity index (χ0v) is 29.1. The number of anilines is 1. The standard InChI is InChI=1S/C39H50N4O5/c1-38(2,3)28-19-21-30(22-20-28)43(34(27-14-13-23-40-25-27)35(44)41-29-15-9-7-10-16-29)36(45)33-24-32(47-31-17-11-8-12-18-31)26-42(33)37(46)48-39(4,5)6/h8,11-14,17-23,25,29,32-34H,7,9-10,15-16,24,26H2,1-6H3,(H,41,44)/t32-,33-,34-/m1/s1. The molecule has 0 spiro atoms. The summed E-state index contributed by atoms with van der Waals surface area (Å²) in [5.41, 5.74) is 1.34. The molecule has 256 valence electrons. The van der Waals surface area contributed by atoms with Crippen molar-refractivity contribution in [1.29, 1.82) is 0 Å². The fraction of sp³-hybridized carbons (Fsp3) is 0.487. The lowest BCUT2D eigenvalue weighted by molar-refractivity contribution is -0.129. The van der Waals surface area contributed by atoms with Gasteiger partial charge in [-0.1, -0.05) is 76.4 Å². The third-order valence-corrected chi connectivity index (χ3v) is 8.93. The second kappa shape index (κ2) is 14.8. The highest BCUT2D eigenvalue weighted by Crippen LogP contribution is 2.35. The molecule has 1 aromatic heterocycles. The molecule has 9 heteroatoms. The Morgan fingerprint density at radius 3 is 2.19 bits per heavy atom. The fourth-order valence-electron chi connectivity index (χ4n) is 6.50. The van der Waals surface area contributed by atoms with Gasteiger partial charge in [0.2, 0.25) is 5.91 Å². The summed E-state index contributed by atoms with van der Waals surface area (Å²) < 4.78 is 12.1. The Kier molecular flexibility index (Phi) is 10.8. The normalized spacial score (nSPS) is 19.3. The minimum Gasteiger partial charge on any atom is -0.488 e. The van der Waals surface area contributed by atoms with Gasteiger partial charge >= 0.3 is 6.09 Å². The molecule has 1 aliphatic carbocycles. The van der Waals surface area contributed by atoms with Crippen molar-refractivity contribution < 1.29 is 23.9 Å². The largest absolute Gasteiger partial charge is 0.488 e. The van der Waals surface area contributed by atoms with E-state index >= 15 is 4.79 Å². The van der Waals surface area contributed by atoms with Crippen LogP contribution in [0.1, 0.15) is 97.2 Å². The van der Waals surface area contributed by atoms with E-state index < -0.39 is 35.8 Å². The number of carbonyl (C=O) groups excluding carboxylic acids is 3. The van der Waals surface area contributed by atoms with E-state index in [0.29, 0.717) is 17.0 Å². The molecule has 1 saturated heterocycles. The number of rotatable bonds is 8. The molecule has 0 unspecified atom stereocenters. The Balaban J connectivity index is 1.58. The maximum absolute atomic E-state index is 15.1. The highest BCUT2D eigenvalue weighted by atomic mass is 16.6. The number of hydrogen-bond donors (Lipinski definition) is 1. The summed E-state index contributed by atoms with van der Waals surface area (Å²) in [4.78, 5) is 50.6. The Morgan fingerprint density at radius 1 is 0.896 bits per heavy atom. The maximum Gasteiger partial charge on any atom is 0.411 e. The molecule has 48 heavy (non-hydrogen) atoms. The maximum atomic E-state index is 15.1. The molecule has 3 amide bonds. The predicted octanol–water partition coefficient (Wildman–Crippen LogP) is 7.36. The first-order valence-electron chi connectivity index (χ1n) is 17.2. The van der Waals surface area contributed by atoms with Gasteiger partial charge in [0, 0.05) is 36.1 Å². The summed E-state index contributed by atoms with van der Waals surface area (Å²) in [5.74, 6) is -0.0207. The number of likely N-dealkylation sites (tertiary alicyclic amines) is 1. The van der Waals surface area contributed by atoms with Crippen LogP contribution in [0.15, 0.2) is 79.1 Å². The molecule has 1 aliphatic heterocycles. The molecule has 0 bridgehead atoms. The number of carbonyl (C=O) groups is 3. The molecular weight excluding hydrogens is 604 g/mol. The Hall–Kier alpha value is -4.40. The van der Waals surface area contributed by atoms with Crippen LogP contribution in [0.3, 0.4) is 0 Å². The van der Waals surface area contributed by atoms with Crippen molar-refractivity contribution in [1.82, 2.24) is 15.2 Å². The van der Waals surface area contributed by atoms with Gasteiger partial charge in [-0.25, -0.2) is 4.79 Å². The Bertz CT molecular complexity index is 1530. The van der Waals surface area contributed by atoms with Crippen molar-refractivity contribution in [2.45, 2.75) is 115 Å². The molecule has 2 fully saturated rings. The van der Waals surface area contributed by atoms with E-state index in [4.69, 9.17) is 9.47 Å². The van der Waals surface area contributed by atoms with Crippen molar-refractivity contribution in [3.05, 3.63) is 90.3 Å². The van der Waals surface area contributed by atoms with E-state index in [1.807, 2.05) is 60.7 Å². The van der Waals surface area contributed by atoms with Gasteiger partial charge in [0.05, 0.1) is 6.54 Å². The van der Waals surface area contributed by atoms with Gasteiger partial charge in [0.25, 0.3) is 5.91 Å². The van der Waals surface area contributed by atoms with Crippen molar-refractivity contribution in [2.24, 2.45) is 0 Å². The number of benzene rings is 2. The minimum atomic E-state index is -1.02. The smallest absolute Gasteiger partial charge is 0.411 e. The number of amides is 3. The summed E-state index contributed by atoms with van der Waals surface area (Å²) in [6.45, 7) is 11.9. The Labute approximate surface area is 285 Å². The lowest BCUT2D eigenvalue weighted by Crippen LogP contribution is -2.53. The number of pyridine rings is 1. The Morgan fingerprint density at radius 2 is 1.58 bits per heavy atom. The molecular formula is C39H50N4O5. The van der Waals surface area contributed by atoms with Crippen molar-refractivity contribution in [3.8, 4) is 5.75 Å². The fourth-order valence-corrected chi connectivity index (χ4v) is 6.50. The van der Waals surface area contributed by atoms with Gasteiger partial charge in [0.15, 0.2) is 0 Å². The molecule has 5 rings (SSSR count). The highest BCUT2D eigenvalue weighted by molar-refractivity contribution is 6.05. The second-order valence-corrected chi connectivity index (χ2v) is 15.0. The minimum absolute atomic E-state index is 0.0269. The first kappa shape index (κ1) is 34.9. The topological polar surface area (TPSA) is 101 Å². The first-order chi connectivity index (χ1) is 22.8. The van der Waals surface area contributed by atoms with E-state index in [-0.39, 0.29) is 30.3 Å². The molecule has 2 aromatic carbocycles. The summed E-state index contributed by atoms with van der Waals surface area (Å²) in [7, 11) is 0. The van der Waals surface area contributed by atoms with Gasteiger partial charge in [-0.05, 0) is 74.9 Å². The SMILES string of the molecule is CC(C)(C)OC(=O)N1C[C@H](Oc2ccccc2)C[C@@H]1C(=O)N(c1ccc(C(C)(C)C)cc1)[C@@H](C(=O)NC1CCCCC1)c1cccnc1. The zero-order chi connectivity index (χ0) is 34.5. The number of para-hydroxylation sites is 1. The van der Waals surface area contributed by atoms with E-state index in [2.05, 4.69) is 31.1 Å². The number of nitrogens with one attached hydrogen (secondary N) is 1. The van der Waals surface area contributed by atoms with Gasteiger partial charge in [-0.3, -0.25) is 24.4 Å². The van der Waals surface area contributed by atoms with Crippen LogP contribution in [-0.4, -0.2) is 58.1 Å². The van der Waals surface area contributed by atoms with Crippen LogP contribution in [0.25, 0.3) is 0 Å². The third-order valence-electron chi connectivity index (χ3n) is 8.93. The average molecular weight is 655 g/mol. The number of nitrogens with zero attached hydrogens (tertiary/aromatic N) is 3.